The molecule has 10 nitrogen and oxygen atoms in total. The number of carbonyl (C=O) groups is 2. The van der Waals surface area contributed by atoms with Gasteiger partial charge in [0.1, 0.15) is 6.61 Å². The largest absolute Gasteiger partial charge is 0.472 e. The van der Waals surface area contributed by atoms with E-state index in [-0.39, 0.29) is 38.7 Å². The smallest absolute Gasteiger partial charge is 0.462 e. The van der Waals surface area contributed by atoms with Crippen molar-refractivity contribution in [3.8, 4) is 0 Å². The van der Waals surface area contributed by atoms with Crippen molar-refractivity contribution in [2.75, 3.05) is 26.4 Å². The van der Waals surface area contributed by atoms with Crippen LogP contribution in [-0.2, 0) is 32.7 Å². The summed E-state index contributed by atoms with van der Waals surface area (Å²) < 4.78 is 32.6. The van der Waals surface area contributed by atoms with Gasteiger partial charge in [-0.3, -0.25) is 18.6 Å². The monoisotopic (exact) mass is 806 g/mol. The number of hydrogen-bond acceptors (Lipinski definition) is 9. The molecule has 0 aromatic heterocycles. The lowest BCUT2D eigenvalue weighted by molar-refractivity contribution is -0.161. The molecule has 0 fully saturated rings. The fraction of sp³-hybridized carbons (Fsp3) is 0.644. The molecule has 0 saturated carbocycles. The molecule has 0 aromatic rings. The molecule has 0 aliphatic rings. The number of aliphatic hydroxyl groups excluding tert-OH is 1. The highest BCUT2D eigenvalue weighted by atomic mass is 31.2. The minimum atomic E-state index is -4.41. The molecule has 56 heavy (non-hydrogen) atoms. The van der Waals surface area contributed by atoms with Gasteiger partial charge in [-0.2, -0.15) is 0 Å². The summed E-state index contributed by atoms with van der Waals surface area (Å²) in [5.41, 5.74) is 5.33. The van der Waals surface area contributed by atoms with Crippen molar-refractivity contribution in [2.45, 2.75) is 161 Å². The molecule has 0 amide bonds. The third-order valence-electron chi connectivity index (χ3n) is 8.31. The zero-order valence-corrected chi connectivity index (χ0v) is 35.6. The highest BCUT2D eigenvalue weighted by Crippen LogP contribution is 2.43. The van der Waals surface area contributed by atoms with Gasteiger partial charge in [0, 0.05) is 19.4 Å². The molecule has 0 spiro atoms. The number of nitrogens with two attached hydrogens (primary N) is 1. The van der Waals surface area contributed by atoms with Gasteiger partial charge in [0.05, 0.1) is 19.3 Å². The maximum atomic E-state index is 12.5. The predicted molar refractivity (Wildman–Crippen MR) is 230 cm³/mol. The lowest BCUT2D eigenvalue weighted by Crippen LogP contribution is -2.29. The third-order valence-corrected chi connectivity index (χ3v) is 9.29. The van der Waals surface area contributed by atoms with E-state index in [1.54, 1.807) is 0 Å². The highest BCUT2D eigenvalue weighted by Gasteiger charge is 2.25. The Morgan fingerprint density at radius 1 is 0.607 bits per heavy atom. The molecular formula is C45H76NO9P. The van der Waals surface area contributed by atoms with Crippen LogP contribution in [0, 0.1) is 0 Å². The topological polar surface area (TPSA) is 155 Å². The number of phosphoric acid groups is 1. The van der Waals surface area contributed by atoms with Gasteiger partial charge in [0.25, 0.3) is 0 Å². The average Bonchev–Trinajstić information content (AvgIpc) is 3.17. The fourth-order valence-electron chi connectivity index (χ4n) is 5.19. The summed E-state index contributed by atoms with van der Waals surface area (Å²) in [7, 11) is -4.41. The van der Waals surface area contributed by atoms with Gasteiger partial charge in [-0.1, -0.05) is 137 Å². The molecule has 0 rings (SSSR count). The molecule has 0 saturated heterocycles. The Balaban J connectivity index is 4.39. The molecule has 2 unspecified atom stereocenters. The minimum Gasteiger partial charge on any atom is -0.462 e. The lowest BCUT2D eigenvalue weighted by Gasteiger charge is -2.19. The Kier molecular flexibility index (Phi) is 38.3. The number of hydrogen-bond donors (Lipinski definition) is 3. The summed E-state index contributed by atoms with van der Waals surface area (Å²) >= 11 is 0. The Morgan fingerprint density at radius 2 is 1.09 bits per heavy atom. The molecular weight excluding hydrogens is 729 g/mol. The molecule has 3 atom stereocenters. The predicted octanol–water partition coefficient (Wildman–Crippen LogP) is 11.0. The van der Waals surface area contributed by atoms with Gasteiger partial charge in [-0.15, -0.1) is 0 Å². The van der Waals surface area contributed by atoms with Crippen molar-refractivity contribution < 1.29 is 42.7 Å². The number of rotatable bonds is 38. The van der Waals surface area contributed by atoms with E-state index in [2.05, 4.69) is 74.6 Å². The van der Waals surface area contributed by atoms with Crippen molar-refractivity contribution in [1.82, 2.24) is 0 Å². The molecule has 0 aliphatic carbocycles. The second kappa shape index (κ2) is 40.4. The van der Waals surface area contributed by atoms with Gasteiger partial charge >= 0.3 is 19.8 Å². The summed E-state index contributed by atoms with van der Waals surface area (Å²) in [5, 5.41) is 9.72. The van der Waals surface area contributed by atoms with E-state index in [4.69, 9.17) is 24.3 Å². The van der Waals surface area contributed by atoms with Crippen LogP contribution in [0.1, 0.15) is 149 Å². The van der Waals surface area contributed by atoms with Crippen molar-refractivity contribution in [3.63, 3.8) is 0 Å². The lowest BCUT2D eigenvalue weighted by atomic mass is 10.1. The van der Waals surface area contributed by atoms with Crippen LogP contribution in [0.25, 0.3) is 0 Å². The summed E-state index contributed by atoms with van der Waals surface area (Å²) in [6, 6.07) is 0. The van der Waals surface area contributed by atoms with Crippen molar-refractivity contribution >= 4 is 19.8 Å². The Morgan fingerprint density at radius 3 is 1.62 bits per heavy atom. The number of unbranched alkanes of at least 4 members (excludes halogenated alkanes) is 8. The van der Waals surface area contributed by atoms with Crippen LogP contribution >= 0.6 is 7.82 Å². The van der Waals surface area contributed by atoms with Crippen molar-refractivity contribution in [1.29, 1.82) is 0 Å². The normalized spacial score (nSPS) is 14.7. The first-order chi connectivity index (χ1) is 27.2. The van der Waals surface area contributed by atoms with Gasteiger partial charge < -0.3 is 25.2 Å². The van der Waals surface area contributed by atoms with E-state index < -0.39 is 32.5 Å². The maximum Gasteiger partial charge on any atom is 0.472 e. The Hall–Kier alpha value is -2.85. The molecule has 320 valence electrons. The van der Waals surface area contributed by atoms with E-state index in [9.17, 15) is 24.2 Å². The van der Waals surface area contributed by atoms with Gasteiger partial charge in [-0.25, -0.2) is 4.57 Å². The van der Waals surface area contributed by atoms with Crippen molar-refractivity contribution in [3.05, 3.63) is 85.1 Å². The van der Waals surface area contributed by atoms with E-state index in [1.807, 2.05) is 24.3 Å². The SMILES string of the molecule is CCCCCCCC/C=C\C/C=C\C/C=C\CCCC(=O)O[C@H](COC(=O)CCC/C=C\C/C=C\C/C=C\C/C=C\CC(O)CCC)COP(=O)(O)OCCN. The third kappa shape index (κ3) is 39.4. The quantitative estimate of drug-likeness (QED) is 0.0238. The molecule has 0 heterocycles. The molecule has 0 aromatic carbocycles. The average molecular weight is 806 g/mol. The number of carbonyl (C=O) groups excluding carboxylic acids is 2. The van der Waals surface area contributed by atoms with Crippen LogP contribution in [0.4, 0.5) is 0 Å². The van der Waals surface area contributed by atoms with Crippen molar-refractivity contribution in [2.24, 2.45) is 5.73 Å². The molecule has 0 aliphatic heterocycles. The Bertz CT molecular complexity index is 1210. The summed E-state index contributed by atoms with van der Waals surface area (Å²) in [4.78, 5) is 34.8. The van der Waals surface area contributed by atoms with E-state index >= 15 is 0 Å². The highest BCUT2D eigenvalue weighted by molar-refractivity contribution is 7.47. The minimum absolute atomic E-state index is 0.0282. The number of phosphoric ester groups is 1. The first-order valence-corrected chi connectivity index (χ1v) is 22.6. The number of allylic oxidation sites excluding steroid dienone is 13. The summed E-state index contributed by atoms with van der Waals surface area (Å²) in [5.74, 6) is -0.985. The van der Waals surface area contributed by atoms with Crippen LogP contribution in [0.15, 0.2) is 85.1 Å². The second-order valence-electron chi connectivity index (χ2n) is 13.7. The van der Waals surface area contributed by atoms with Crippen LogP contribution in [-0.4, -0.2) is 60.5 Å². The molecule has 4 N–H and O–H groups in total. The summed E-state index contributed by atoms with van der Waals surface area (Å²) in [6.45, 7) is 3.37. The van der Waals surface area contributed by atoms with Gasteiger partial charge in [0.15, 0.2) is 6.10 Å². The number of ether oxygens (including phenoxy) is 2. The first kappa shape index (κ1) is 53.1. The standard InChI is InChI=1S/C45H76NO9P/c1-3-5-6-7-8-9-10-11-12-13-14-17-21-24-27-30-33-37-45(49)55-43(41-54-56(50,51)53-39-38-46)40-52-44(48)36-32-29-26-23-20-18-15-16-19-22-25-28-31-35-42(47)34-4-2/h11-12,14-15,17-19,22-24,26-28,31,42-43,47H,3-10,13,16,20-21,25,29-30,32-41,46H2,1-2H3,(H,50,51)/b12-11-,17-14-,18-15-,22-19-,26-23-,27-24-,31-28-/t42?,43-/m1/s1. The van der Waals surface area contributed by atoms with Gasteiger partial charge in [0.2, 0.25) is 0 Å². The zero-order valence-electron chi connectivity index (χ0n) is 34.7. The van der Waals surface area contributed by atoms with Crippen LogP contribution in [0.5, 0.6) is 0 Å². The molecule has 11 heteroatoms. The number of esters is 2. The number of aliphatic hydroxyl groups is 1. The first-order valence-electron chi connectivity index (χ1n) is 21.1. The van der Waals surface area contributed by atoms with Crippen LogP contribution in [0.3, 0.4) is 0 Å². The fourth-order valence-corrected chi connectivity index (χ4v) is 5.95. The van der Waals surface area contributed by atoms with Crippen LogP contribution < -0.4 is 5.73 Å². The van der Waals surface area contributed by atoms with E-state index in [0.29, 0.717) is 32.1 Å². The second-order valence-corrected chi connectivity index (χ2v) is 15.1. The maximum absolute atomic E-state index is 12.5. The summed E-state index contributed by atoms with van der Waals surface area (Å²) in [6.07, 6.45) is 46.9. The molecule has 0 bridgehead atoms. The zero-order chi connectivity index (χ0) is 41.2. The van der Waals surface area contributed by atoms with E-state index in [0.717, 1.165) is 51.4 Å². The molecule has 0 radical (unpaired) electrons. The van der Waals surface area contributed by atoms with Gasteiger partial charge in [-0.05, 0) is 83.5 Å². The Labute approximate surface area is 339 Å². The van der Waals surface area contributed by atoms with E-state index in [1.165, 1.54) is 38.5 Å². The van der Waals surface area contributed by atoms with Crippen LogP contribution in [0.2, 0.25) is 0 Å².